The van der Waals surface area contributed by atoms with Gasteiger partial charge in [0, 0.05) is 19.0 Å². The monoisotopic (exact) mass is 288 g/mol. The van der Waals surface area contributed by atoms with E-state index in [4.69, 9.17) is 4.74 Å². The van der Waals surface area contributed by atoms with E-state index in [0.29, 0.717) is 25.4 Å². The summed E-state index contributed by atoms with van der Waals surface area (Å²) in [5.41, 5.74) is 0. The van der Waals surface area contributed by atoms with Crippen LogP contribution in [0.1, 0.15) is 12.8 Å². The SMILES string of the molecule is CS(=O)(=O)N1CCCC(COc2ccc(F)nc2)C1. The number of hydrogen-bond acceptors (Lipinski definition) is 4. The molecule has 1 aromatic rings. The number of rotatable bonds is 4. The van der Waals surface area contributed by atoms with Crippen molar-refractivity contribution in [3.05, 3.63) is 24.3 Å². The third-order valence-electron chi connectivity index (χ3n) is 3.14. The Morgan fingerprint density at radius 3 is 2.95 bits per heavy atom. The van der Waals surface area contributed by atoms with Gasteiger partial charge in [-0.25, -0.2) is 17.7 Å². The summed E-state index contributed by atoms with van der Waals surface area (Å²) >= 11 is 0. The Bertz CT molecular complexity index is 518. The zero-order valence-electron chi connectivity index (χ0n) is 10.8. The highest BCUT2D eigenvalue weighted by molar-refractivity contribution is 7.88. The number of pyridine rings is 1. The van der Waals surface area contributed by atoms with Crippen molar-refractivity contribution in [1.82, 2.24) is 9.29 Å². The summed E-state index contributed by atoms with van der Waals surface area (Å²) in [5, 5.41) is 0. The first kappa shape index (κ1) is 14.2. The van der Waals surface area contributed by atoms with E-state index >= 15 is 0 Å². The van der Waals surface area contributed by atoms with Crippen LogP contribution < -0.4 is 4.74 Å². The Balaban J connectivity index is 1.87. The molecule has 0 aromatic carbocycles. The third-order valence-corrected chi connectivity index (χ3v) is 4.41. The van der Waals surface area contributed by atoms with Gasteiger partial charge < -0.3 is 4.74 Å². The van der Waals surface area contributed by atoms with Gasteiger partial charge in [-0.1, -0.05) is 0 Å². The van der Waals surface area contributed by atoms with Gasteiger partial charge in [0.2, 0.25) is 16.0 Å². The van der Waals surface area contributed by atoms with Crippen LogP contribution in [0.2, 0.25) is 0 Å². The fourth-order valence-corrected chi connectivity index (χ4v) is 3.07. The van der Waals surface area contributed by atoms with Gasteiger partial charge in [0.25, 0.3) is 0 Å². The predicted molar refractivity (Wildman–Crippen MR) is 68.8 cm³/mol. The highest BCUT2D eigenvalue weighted by Gasteiger charge is 2.26. The van der Waals surface area contributed by atoms with Gasteiger partial charge in [-0.2, -0.15) is 4.39 Å². The molecule has 1 fully saturated rings. The minimum absolute atomic E-state index is 0.161. The maximum Gasteiger partial charge on any atom is 0.213 e. The Labute approximate surface area is 112 Å². The molecule has 1 aliphatic heterocycles. The molecule has 1 aliphatic rings. The summed E-state index contributed by atoms with van der Waals surface area (Å²) in [6.45, 7) is 1.47. The minimum atomic E-state index is -3.13. The molecule has 0 N–H and O–H groups in total. The van der Waals surface area contributed by atoms with Crippen LogP contribution in [-0.4, -0.2) is 43.7 Å². The van der Waals surface area contributed by atoms with Crippen LogP contribution in [0.15, 0.2) is 18.3 Å². The minimum Gasteiger partial charge on any atom is -0.492 e. The molecule has 5 nitrogen and oxygen atoms in total. The molecule has 2 rings (SSSR count). The van der Waals surface area contributed by atoms with Gasteiger partial charge in [0.1, 0.15) is 5.75 Å². The summed E-state index contributed by atoms with van der Waals surface area (Å²) < 4.78 is 42.6. The second-order valence-corrected chi connectivity index (χ2v) is 6.74. The molecule has 1 aromatic heterocycles. The average molecular weight is 288 g/mol. The van der Waals surface area contributed by atoms with Gasteiger partial charge in [0.05, 0.1) is 19.1 Å². The molecule has 1 saturated heterocycles. The van der Waals surface area contributed by atoms with Crippen molar-refractivity contribution < 1.29 is 17.5 Å². The van der Waals surface area contributed by atoms with Crippen molar-refractivity contribution in [2.45, 2.75) is 12.8 Å². The first-order valence-electron chi connectivity index (χ1n) is 6.14. The van der Waals surface area contributed by atoms with Crippen LogP contribution in [0.4, 0.5) is 4.39 Å². The molecule has 106 valence electrons. The molecule has 0 radical (unpaired) electrons. The van der Waals surface area contributed by atoms with Crippen LogP contribution in [0.5, 0.6) is 5.75 Å². The molecular formula is C12H17FN2O3S. The molecule has 0 amide bonds. The van der Waals surface area contributed by atoms with Gasteiger partial charge in [-0.15, -0.1) is 0 Å². The molecule has 2 heterocycles. The van der Waals surface area contributed by atoms with Crippen LogP contribution in [0, 0.1) is 11.9 Å². The Morgan fingerprint density at radius 1 is 1.53 bits per heavy atom. The number of hydrogen-bond donors (Lipinski definition) is 0. The van der Waals surface area contributed by atoms with Crippen molar-refractivity contribution >= 4 is 10.0 Å². The van der Waals surface area contributed by atoms with E-state index in [1.54, 1.807) is 0 Å². The molecule has 0 spiro atoms. The highest BCUT2D eigenvalue weighted by Crippen LogP contribution is 2.20. The van der Waals surface area contributed by atoms with Crippen LogP contribution >= 0.6 is 0 Å². The van der Waals surface area contributed by atoms with Crippen LogP contribution in [0.3, 0.4) is 0 Å². The van der Waals surface area contributed by atoms with Crippen LogP contribution in [0.25, 0.3) is 0 Å². The normalized spacial score (nSPS) is 21.3. The molecule has 0 saturated carbocycles. The van der Waals surface area contributed by atoms with Gasteiger partial charge in [-0.3, -0.25) is 0 Å². The quantitative estimate of drug-likeness (QED) is 0.783. The van der Waals surface area contributed by atoms with E-state index in [1.165, 1.54) is 28.9 Å². The average Bonchev–Trinajstić information content (AvgIpc) is 2.37. The van der Waals surface area contributed by atoms with E-state index in [-0.39, 0.29) is 5.92 Å². The zero-order valence-corrected chi connectivity index (χ0v) is 11.6. The number of sulfonamides is 1. The number of nitrogens with zero attached hydrogens (tertiary/aromatic N) is 2. The lowest BCUT2D eigenvalue weighted by atomic mass is 10.0. The highest BCUT2D eigenvalue weighted by atomic mass is 32.2. The molecule has 7 heteroatoms. The molecule has 19 heavy (non-hydrogen) atoms. The molecule has 0 bridgehead atoms. The number of ether oxygens (including phenoxy) is 1. The van der Waals surface area contributed by atoms with Gasteiger partial charge in [-0.05, 0) is 25.0 Å². The standard InChI is InChI=1S/C12H17FN2O3S/c1-19(16,17)15-6-2-3-10(8-15)9-18-11-4-5-12(13)14-7-11/h4-5,7,10H,2-3,6,8-9H2,1H3. The van der Waals surface area contributed by atoms with E-state index in [0.717, 1.165) is 12.8 Å². The summed E-state index contributed by atoms with van der Waals surface area (Å²) in [7, 11) is -3.13. The maximum atomic E-state index is 12.6. The summed E-state index contributed by atoms with van der Waals surface area (Å²) in [4.78, 5) is 3.50. The van der Waals surface area contributed by atoms with Gasteiger partial charge >= 0.3 is 0 Å². The summed E-state index contributed by atoms with van der Waals surface area (Å²) in [6, 6.07) is 2.75. The third kappa shape index (κ3) is 4.14. The van der Waals surface area contributed by atoms with Crippen molar-refractivity contribution in [1.29, 1.82) is 0 Å². The van der Waals surface area contributed by atoms with E-state index < -0.39 is 16.0 Å². The van der Waals surface area contributed by atoms with Crippen molar-refractivity contribution in [2.75, 3.05) is 26.0 Å². The lowest BCUT2D eigenvalue weighted by Crippen LogP contribution is -2.40. The number of aromatic nitrogens is 1. The first-order valence-corrected chi connectivity index (χ1v) is 7.99. The lowest BCUT2D eigenvalue weighted by molar-refractivity contribution is 0.180. The smallest absolute Gasteiger partial charge is 0.213 e. The summed E-state index contributed by atoms with van der Waals surface area (Å²) in [5.74, 6) is 0.111. The van der Waals surface area contributed by atoms with Gasteiger partial charge in [0.15, 0.2) is 0 Å². The second kappa shape index (κ2) is 5.83. The first-order chi connectivity index (χ1) is 8.95. The van der Waals surface area contributed by atoms with Crippen molar-refractivity contribution in [3.8, 4) is 5.75 Å². The second-order valence-electron chi connectivity index (χ2n) is 4.76. The molecule has 1 atom stereocenters. The van der Waals surface area contributed by atoms with E-state index in [1.807, 2.05) is 0 Å². The van der Waals surface area contributed by atoms with Crippen molar-refractivity contribution in [2.24, 2.45) is 5.92 Å². The number of halogens is 1. The van der Waals surface area contributed by atoms with Crippen LogP contribution in [-0.2, 0) is 10.0 Å². The maximum absolute atomic E-state index is 12.6. The molecular weight excluding hydrogens is 271 g/mol. The Hall–Kier alpha value is -1.21. The number of piperidine rings is 1. The van der Waals surface area contributed by atoms with Crippen molar-refractivity contribution in [3.63, 3.8) is 0 Å². The predicted octanol–water partition coefficient (Wildman–Crippen LogP) is 1.27. The Kier molecular flexibility index (Phi) is 4.36. The molecule has 0 aliphatic carbocycles. The summed E-state index contributed by atoms with van der Waals surface area (Å²) in [6.07, 6.45) is 4.32. The topological polar surface area (TPSA) is 59.5 Å². The zero-order chi connectivity index (χ0) is 13.9. The van der Waals surface area contributed by atoms with E-state index in [2.05, 4.69) is 4.98 Å². The fraction of sp³-hybridized carbons (Fsp3) is 0.583. The fourth-order valence-electron chi connectivity index (χ4n) is 2.13. The van der Waals surface area contributed by atoms with E-state index in [9.17, 15) is 12.8 Å². The molecule has 1 unspecified atom stereocenters. The Morgan fingerprint density at radius 2 is 2.32 bits per heavy atom. The largest absolute Gasteiger partial charge is 0.492 e. The lowest BCUT2D eigenvalue weighted by Gasteiger charge is -2.30.